The standard InChI is InChI=1S/C23H19F3N4O2S2/c1-13-8-10-15(11-9-13)34(31,32)29-20-16-6-2-4-14-5-3-7-17(19(14)16)21(20)33-22-28-12-18(30(22)27)23(24,25)26/h2-12,20-21,29H,27H2,1H3/t20-,21-/m0/s1. The number of aryl methyl sites for hydroxylation is 1. The molecule has 0 amide bonds. The van der Waals surface area contributed by atoms with Gasteiger partial charge in [0.05, 0.1) is 22.4 Å². The molecular formula is C23H19F3N4O2S2. The molecule has 2 atom stereocenters. The van der Waals surface area contributed by atoms with E-state index in [2.05, 4.69) is 9.71 Å². The van der Waals surface area contributed by atoms with Crippen LogP contribution in [0.4, 0.5) is 13.2 Å². The first kappa shape index (κ1) is 22.8. The number of rotatable bonds is 5. The summed E-state index contributed by atoms with van der Waals surface area (Å²) < 4.78 is 69.5. The molecule has 3 aromatic carbocycles. The van der Waals surface area contributed by atoms with Gasteiger partial charge in [0.2, 0.25) is 10.0 Å². The Hall–Kier alpha value is -3.02. The highest BCUT2D eigenvalue weighted by Gasteiger charge is 2.40. The summed E-state index contributed by atoms with van der Waals surface area (Å²) in [5.74, 6) is 5.72. The Bertz CT molecular complexity index is 1490. The molecule has 0 aliphatic heterocycles. The molecule has 1 heterocycles. The van der Waals surface area contributed by atoms with Crippen LogP contribution in [0, 0.1) is 6.92 Å². The molecule has 1 aliphatic rings. The van der Waals surface area contributed by atoms with Crippen LogP contribution in [0.1, 0.15) is 33.7 Å². The van der Waals surface area contributed by atoms with E-state index >= 15 is 0 Å². The van der Waals surface area contributed by atoms with Gasteiger partial charge in [-0.15, -0.1) is 0 Å². The first-order valence-corrected chi connectivity index (χ1v) is 12.6. The number of nitrogens with two attached hydrogens (primary N) is 1. The van der Waals surface area contributed by atoms with E-state index < -0.39 is 33.2 Å². The number of aromatic nitrogens is 2. The molecule has 4 aromatic rings. The van der Waals surface area contributed by atoms with E-state index in [1.54, 1.807) is 12.1 Å². The van der Waals surface area contributed by atoms with Gasteiger partial charge in [-0.3, -0.25) is 0 Å². The molecule has 1 aromatic heterocycles. The largest absolute Gasteiger partial charge is 0.434 e. The number of imidazole rings is 1. The SMILES string of the molecule is Cc1ccc(S(=O)(=O)N[C@H]2c3cccc4cccc(c34)[C@@H]2Sc2ncc(C(F)(F)F)n2N)cc1. The van der Waals surface area contributed by atoms with E-state index in [0.29, 0.717) is 10.9 Å². The predicted octanol–water partition coefficient (Wildman–Crippen LogP) is 4.94. The Morgan fingerprint density at radius 2 is 1.68 bits per heavy atom. The van der Waals surface area contributed by atoms with E-state index in [9.17, 15) is 21.6 Å². The van der Waals surface area contributed by atoms with Gasteiger partial charge in [-0.05, 0) is 41.0 Å². The second kappa shape index (κ2) is 8.03. The average molecular weight is 505 g/mol. The summed E-state index contributed by atoms with van der Waals surface area (Å²) in [6.45, 7) is 1.86. The molecule has 1 aliphatic carbocycles. The van der Waals surface area contributed by atoms with Crippen molar-refractivity contribution >= 4 is 32.6 Å². The highest BCUT2D eigenvalue weighted by Crippen LogP contribution is 2.53. The molecule has 3 N–H and O–H groups in total. The van der Waals surface area contributed by atoms with Crippen LogP contribution in [0.3, 0.4) is 0 Å². The van der Waals surface area contributed by atoms with Crippen LogP contribution in [0.2, 0.25) is 0 Å². The Morgan fingerprint density at radius 3 is 2.29 bits per heavy atom. The molecule has 0 fully saturated rings. The fourth-order valence-corrected chi connectivity index (χ4v) is 6.74. The van der Waals surface area contributed by atoms with E-state index in [1.165, 1.54) is 12.1 Å². The van der Waals surface area contributed by atoms with Crippen LogP contribution in [0.15, 0.2) is 76.9 Å². The van der Waals surface area contributed by atoms with Crippen molar-refractivity contribution in [3.8, 4) is 0 Å². The van der Waals surface area contributed by atoms with Gasteiger partial charge in [0.15, 0.2) is 10.9 Å². The maximum absolute atomic E-state index is 13.3. The van der Waals surface area contributed by atoms with Crippen molar-refractivity contribution in [1.82, 2.24) is 14.4 Å². The first-order valence-electron chi connectivity index (χ1n) is 10.2. The van der Waals surface area contributed by atoms with Gasteiger partial charge in [-0.2, -0.15) is 13.2 Å². The van der Waals surface area contributed by atoms with Gasteiger partial charge < -0.3 is 5.84 Å². The molecule has 6 nitrogen and oxygen atoms in total. The topological polar surface area (TPSA) is 90.0 Å². The number of hydrogen-bond acceptors (Lipinski definition) is 5. The smallest absolute Gasteiger partial charge is 0.337 e. The fraction of sp³-hybridized carbons (Fsp3) is 0.174. The summed E-state index contributed by atoms with van der Waals surface area (Å²) in [6, 6.07) is 16.8. The molecule has 0 unspecified atom stereocenters. The van der Waals surface area contributed by atoms with Crippen molar-refractivity contribution in [3.63, 3.8) is 0 Å². The van der Waals surface area contributed by atoms with Gasteiger partial charge >= 0.3 is 6.18 Å². The van der Waals surface area contributed by atoms with Crippen molar-refractivity contribution < 1.29 is 21.6 Å². The fourth-order valence-electron chi connectivity index (χ4n) is 4.20. The molecule has 0 radical (unpaired) electrons. The lowest BCUT2D eigenvalue weighted by atomic mass is 10.1. The number of alkyl halides is 3. The minimum atomic E-state index is -4.66. The zero-order valence-electron chi connectivity index (χ0n) is 17.7. The lowest BCUT2D eigenvalue weighted by molar-refractivity contribution is -0.143. The summed E-state index contributed by atoms with van der Waals surface area (Å²) in [5.41, 5.74) is 1.37. The number of nitrogens with zero attached hydrogens (tertiary/aromatic N) is 2. The second-order valence-corrected chi connectivity index (χ2v) is 10.9. The number of hydrogen-bond donors (Lipinski definition) is 2. The van der Waals surface area contributed by atoms with Crippen molar-refractivity contribution in [1.29, 1.82) is 0 Å². The van der Waals surface area contributed by atoms with E-state index in [0.717, 1.165) is 39.2 Å². The number of benzene rings is 3. The van der Waals surface area contributed by atoms with Crippen LogP contribution in [-0.2, 0) is 16.2 Å². The molecule has 34 heavy (non-hydrogen) atoms. The van der Waals surface area contributed by atoms with Gasteiger partial charge in [-0.25, -0.2) is 22.8 Å². The Kier molecular flexibility index (Phi) is 5.38. The van der Waals surface area contributed by atoms with Crippen molar-refractivity contribution in [2.75, 3.05) is 5.84 Å². The summed E-state index contributed by atoms with van der Waals surface area (Å²) in [6.07, 6.45) is -3.98. The number of nitrogen functional groups attached to an aromatic ring is 1. The van der Waals surface area contributed by atoms with E-state index in [1.807, 2.05) is 43.3 Å². The minimum Gasteiger partial charge on any atom is -0.337 e. The maximum Gasteiger partial charge on any atom is 0.434 e. The van der Waals surface area contributed by atoms with Crippen molar-refractivity contribution in [3.05, 3.63) is 89.2 Å². The normalized spacial score (nSPS) is 18.0. The third kappa shape index (κ3) is 3.83. The molecule has 0 saturated carbocycles. The number of sulfonamides is 1. The maximum atomic E-state index is 13.3. The highest BCUT2D eigenvalue weighted by molar-refractivity contribution is 7.99. The summed E-state index contributed by atoms with van der Waals surface area (Å²) in [7, 11) is -3.93. The average Bonchev–Trinajstić information content (AvgIpc) is 3.29. The van der Waals surface area contributed by atoms with Gasteiger partial charge in [0.1, 0.15) is 0 Å². The molecule has 0 spiro atoms. The second-order valence-electron chi connectivity index (χ2n) is 8.04. The summed E-state index contributed by atoms with van der Waals surface area (Å²) in [5, 5.41) is 1.11. The molecule has 0 bridgehead atoms. The Labute approximate surface area is 198 Å². The van der Waals surface area contributed by atoms with E-state index in [4.69, 9.17) is 5.84 Å². The van der Waals surface area contributed by atoms with Crippen molar-refractivity contribution in [2.24, 2.45) is 0 Å². The molecule has 176 valence electrons. The molecular weight excluding hydrogens is 485 g/mol. The summed E-state index contributed by atoms with van der Waals surface area (Å²) >= 11 is 0.991. The van der Waals surface area contributed by atoms with Crippen LogP contribution in [0.5, 0.6) is 0 Å². The molecule has 0 saturated heterocycles. The third-order valence-corrected chi connectivity index (χ3v) is 8.56. The zero-order valence-corrected chi connectivity index (χ0v) is 19.4. The highest BCUT2D eigenvalue weighted by atomic mass is 32.2. The van der Waals surface area contributed by atoms with Crippen LogP contribution < -0.4 is 10.6 Å². The lowest BCUT2D eigenvalue weighted by Crippen LogP contribution is -2.30. The van der Waals surface area contributed by atoms with Gasteiger partial charge in [0, 0.05) is 0 Å². The number of halogens is 3. The third-order valence-electron chi connectivity index (χ3n) is 5.81. The monoisotopic (exact) mass is 504 g/mol. The lowest BCUT2D eigenvalue weighted by Gasteiger charge is -2.22. The summed E-state index contributed by atoms with van der Waals surface area (Å²) in [4.78, 5) is 3.98. The molecule has 11 heteroatoms. The van der Waals surface area contributed by atoms with Crippen LogP contribution in [-0.4, -0.2) is 18.1 Å². The Morgan fingerprint density at radius 1 is 1.03 bits per heavy atom. The van der Waals surface area contributed by atoms with Gasteiger partial charge in [0.25, 0.3) is 0 Å². The van der Waals surface area contributed by atoms with Crippen LogP contribution >= 0.6 is 11.8 Å². The van der Waals surface area contributed by atoms with Gasteiger partial charge in [-0.1, -0.05) is 65.9 Å². The quantitative estimate of drug-likeness (QED) is 0.376. The number of nitrogens with one attached hydrogen (secondary N) is 1. The number of thioether (sulfide) groups is 1. The zero-order chi connectivity index (χ0) is 24.3. The predicted molar refractivity (Wildman–Crippen MR) is 124 cm³/mol. The van der Waals surface area contributed by atoms with E-state index in [-0.39, 0.29) is 10.1 Å². The van der Waals surface area contributed by atoms with Crippen molar-refractivity contribution in [2.45, 2.75) is 34.4 Å². The minimum absolute atomic E-state index is 0.0679. The first-order chi connectivity index (χ1) is 16.1. The Balaban J connectivity index is 1.59. The van der Waals surface area contributed by atoms with Crippen LogP contribution in [0.25, 0.3) is 10.8 Å². The molecule has 5 rings (SSSR count).